The maximum absolute atomic E-state index is 5.70. The zero-order chi connectivity index (χ0) is 10.8. The van der Waals surface area contributed by atoms with Crippen LogP contribution >= 0.6 is 50.6 Å². The molecule has 0 aliphatic rings. The lowest BCUT2D eigenvalue weighted by Crippen LogP contribution is -1.86. The molecule has 0 fully saturated rings. The van der Waals surface area contributed by atoms with Gasteiger partial charge in [-0.1, -0.05) is 11.3 Å². The van der Waals surface area contributed by atoms with E-state index >= 15 is 0 Å². The van der Waals surface area contributed by atoms with E-state index in [1.165, 1.54) is 23.1 Å². The third-order valence-electron chi connectivity index (χ3n) is 1.37. The van der Waals surface area contributed by atoms with Gasteiger partial charge in [-0.05, 0) is 46.2 Å². The summed E-state index contributed by atoms with van der Waals surface area (Å²) in [6, 6.07) is 0. The molecule has 15 heavy (non-hydrogen) atoms. The molecule has 0 spiro atoms. The molecule has 8 heteroatoms. The quantitative estimate of drug-likeness (QED) is 0.627. The second kappa shape index (κ2) is 4.73. The van der Waals surface area contributed by atoms with E-state index in [1.807, 2.05) is 6.92 Å². The molecular weight excluding hydrogens is 320 g/mol. The lowest BCUT2D eigenvalue weighted by molar-refractivity contribution is 0.974. The molecular formula is C7H4BrClN4S2. The minimum atomic E-state index is 0.224. The molecule has 0 N–H and O–H groups in total. The van der Waals surface area contributed by atoms with Crippen molar-refractivity contribution in [2.45, 2.75) is 16.3 Å². The average Bonchev–Trinajstić information content (AvgIpc) is 2.58. The Morgan fingerprint density at radius 2 is 2.27 bits per heavy atom. The van der Waals surface area contributed by atoms with Gasteiger partial charge in [0.25, 0.3) is 0 Å². The second-order valence-electron chi connectivity index (χ2n) is 2.48. The monoisotopic (exact) mass is 322 g/mol. The summed E-state index contributed by atoms with van der Waals surface area (Å²) in [6.45, 7) is 1.91. The zero-order valence-electron chi connectivity index (χ0n) is 7.44. The Hall–Kier alpha value is -0.240. The van der Waals surface area contributed by atoms with E-state index in [9.17, 15) is 0 Å². The smallest absolute Gasteiger partial charge is 0.223 e. The molecule has 0 saturated heterocycles. The molecule has 2 aromatic rings. The maximum Gasteiger partial charge on any atom is 0.223 e. The van der Waals surface area contributed by atoms with Crippen LogP contribution in [0.25, 0.3) is 0 Å². The molecule has 2 rings (SSSR count). The van der Waals surface area contributed by atoms with Gasteiger partial charge in [-0.3, -0.25) is 0 Å². The topological polar surface area (TPSA) is 51.6 Å². The molecule has 2 aromatic heterocycles. The third-order valence-corrected chi connectivity index (χ3v) is 4.29. The second-order valence-corrected chi connectivity index (χ2v) is 6.09. The van der Waals surface area contributed by atoms with Gasteiger partial charge in [0.1, 0.15) is 10.0 Å². The molecule has 0 radical (unpaired) electrons. The van der Waals surface area contributed by atoms with Crippen LogP contribution in [-0.4, -0.2) is 20.2 Å². The van der Waals surface area contributed by atoms with Crippen LogP contribution < -0.4 is 0 Å². The van der Waals surface area contributed by atoms with E-state index < -0.39 is 0 Å². The highest BCUT2D eigenvalue weighted by atomic mass is 79.9. The van der Waals surface area contributed by atoms with Gasteiger partial charge in [0.05, 0.1) is 4.47 Å². The van der Waals surface area contributed by atoms with Crippen LogP contribution in [0.3, 0.4) is 0 Å². The predicted octanol–water partition coefficient (Wildman–Crippen LogP) is 3.20. The van der Waals surface area contributed by atoms with Gasteiger partial charge in [0.2, 0.25) is 5.28 Å². The summed E-state index contributed by atoms with van der Waals surface area (Å²) in [5.74, 6) is 0. The highest BCUT2D eigenvalue weighted by molar-refractivity contribution is 9.10. The van der Waals surface area contributed by atoms with E-state index in [2.05, 4.69) is 36.1 Å². The van der Waals surface area contributed by atoms with Crippen molar-refractivity contribution in [2.24, 2.45) is 0 Å². The minimum absolute atomic E-state index is 0.224. The van der Waals surface area contributed by atoms with Crippen molar-refractivity contribution in [1.82, 2.24) is 20.2 Å². The van der Waals surface area contributed by atoms with E-state index in [0.29, 0.717) is 0 Å². The summed E-state index contributed by atoms with van der Waals surface area (Å²) >= 11 is 12.0. The largest absolute Gasteiger partial charge is 0.225 e. The van der Waals surface area contributed by atoms with Crippen LogP contribution in [0.15, 0.2) is 20.0 Å². The number of hydrogen-bond donors (Lipinski definition) is 0. The molecule has 4 nitrogen and oxygen atoms in total. The summed E-state index contributed by atoms with van der Waals surface area (Å²) in [5.41, 5.74) is 0. The molecule has 0 aliphatic carbocycles. The van der Waals surface area contributed by atoms with Gasteiger partial charge in [0, 0.05) is 6.20 Å². The van der Waals surface area contributed by atoms with E-state index in [4.69, 9.17) is 11.6 Å². The van der Waals surface area contributed by atoms with Crippen LogP contribution in [-0.2, 0) is 0 Å². The summed E-state index contributed by atoms with van der Waals surface area (Å²) in [5, 5.41) is 9.80. The number of halogens is 2. The van der Waals surface area contributed by atoms with Crippen LogP contribution in [0, 0.1) is 6.92 Å². The third kappa shape index (κ3) is 2.87. The van der Waals surface area contributed by atoms with Crippen molar-refractivity contribution in [1.29, 1.82) is 0 Å². The van der Waals surface area contributed by atoms with E-state index in [-0.39, 0.29) is 5.28 Å². The molecule has 0 unspecified atom stereocenters. The van der Waals surface area contributed by atoms with Crippen LogP contribution in [0.1, 0.15) is 5.01 Å². The van der Waals surface area contributed by atoms with Gasteiger partial charge >= 0.3 is 0 Å². The molecule has 2 heterocycles. The Bertz CT molecular complexity index is 490. The fourth-order valence-electron chi connectivity index (χ4n) is 0.805. The highest BCUT2D eigenvalue weighted by Crippen LogP contribution is 2.33. The van der Waals surface area contributed by atoms with Gasteiger partial charge in [-0.15, -0.1) is 10.2 Å². The highest BCUT2D eigenvalue weighted by Gasteiger charge is 2.09. The summed E-state index contributed by atoms with van der Waals surface area (Å²) in [7, 11) is 0. The zero-order valence-corrected chi connectivity index (χ0v) is 11.4. The lowest BCUT2D eigenvalue weighted by Gasteiger charge is -1.98. The first kappa shape index (κ1) is 11.3. The molecule has 0 saturated carbocycles. The Morgan fingerprint density at radius 1 is 1.47 bits per heavy atom. The molecule has 0 atom stereocenters. The first-order valence-corrected chi connectivity index (χ1v) is 6.61. The van der Waals surface area contributed by atoms with Crippen LogP contribution in [0.5, 0.6) is 0 Å². The Morgan fingerprint density at radius 3 is 2.93 bits per heavy atom. The molecule has 78 valence electrons. The maximum atomic E-state index is 5.70. The van der Waals surface area contributed by atoms with Crippen molar-refractivity contribution < 1.29 is 0 Å². The number of hydrogen-bond acceptors (Lipinski definition) is 6. The molecule has 0 aliphatic heterocycles. The molecule has 0 bridgehead atoms. The van der Waals surface area contributed by atoms with E-state index in [1.54, 1.807) is 6.20 Å². The fraction of sp³-hybridized carbons (Fsp3) is 0.143. The van der Waals surface area contributed by atoms with Crippen molar-refractivity contribution in [2.75, 3.05) is 0 Å². The number of aromatic nitrogens is 4. The van der Waals surface area contributed by atoms with Gasteiger partial charge < -0.3 is 0 Å². The van der Waals surface area contributed by atoms with Gasteiger partial charge in [-0.2, -0.15) is 0 Å². The first-order valence-electron chi connectivity index (χ1n) is 3.81. The van der Waals surface area contributed by atoms with Crippen LogP contribution in [0.2, 0.25) is 5.28 Å². The van der Waals surface area contributed by atoms with Gasteiger partial charge in [0.15, 0.2) is 4.34 Å². The SMILES string of the molecule is Cc1nnc(Sc2nc(Cl)ncc2Br)s1. The first-order chi connectivity index (χ1) is 7.15. The lowest BCUT2D eigenvalue weighted by atomic mass is 10.7. The average molecular weight is 324 g/mol. The summed E-state index contributed by atoms with van der Waals surface area (Å²) in [4.78, 5) is 7.93. The Kier molecular flexibility index (Phi) is 3.55. The summed E-state index contributed by atoms with van der Waals surface area (Å²) in [6.07, 6.45) is 1.62. The Balaban J connectivity index is 2.27. The predicted molar refractivity (Wildman–Crippen MR) is 63.5 cm³/mol. The van der Waals surface area contributed by atoms with Crippen molar-refractivity contribution >= 4 is 50.6 Å². The van der Waals surface area contributed by atoms with Crippen molar-refractivity contribution in [3.05, 3.63) is 21.0 Å². The van der Waals surface area contributed by atoms with Crippen molar-refractivity contribution in [3.63, 3.8) is 0 Å². The Labute approximate surface area is 108 Å². The number of rotatable bonds is 2. The number of nitrogens with zero attached hydrogens (tertiary/aromatic N) is 4. The van der Waals surface area contributed by atoms with Crippen LogP contribution in [0.4, 0.5) is 0 Å². The molecule has 0 amide bonds. The van der Waals surface area contributed by atoms with E-state index in [0.717, 1.165) is 18.8 Å². The van der Waals surface area contributed by atoms with Crippen molar-refractivity contribution in [3.8, 4) is 0 Å². The minimum Gasteiger partial charge on any atom is -0.225 e. The molecule has 0 aromatic carbocycles. The summed E-state index contributed by atoms with van der Waals surface area (Å²) < 4.78 is 1.63. The van der Waals surface area contributed by atoms with Gasteiger partial charge in [-0.25, -0.2) is 9.97 Å². The number of aryl methyl sites for hydroxylation is 1. The normalized spacial score (nSPS) is 10.6. The standard InChI is InChI=1S/C7H4BrClN4S2/c1-3-12-13-7(14-3)15-5-4(8)2-10-6(9)11-5/h2H,1H3. The fourth-order valence-corrected chi connectivity index (χ4v) is 3.13.